The third-order valence-corrected chi connectivity index (χ3v) is 3.47. The molecule has 0 radical (unpaired) electrons. The van der Waals surface area contributed by atoms with Gasteiger partial charge in [0.15, 0.2) is 0 Å². The lowest BCUT2D eigenvalue weighted by atomic mass is 9.89. The maximum Gasteiger partial charge on any atom is 0.248 e. The Hall–Kier alpha value is -1.13. The molecule has 1 unspecified atom stereocenters. The quantitative estimate of drug-likeness (QED) is 0.727. The zero-order valence-electron chi connectivity index (χ0n) is 11.0. The Morgan fingerprint density at radius 3 is 2.72 bits per heavy atom. The van der Waals surface area contributed by atoms with Gasteiger partial charge in [0.1, 0.15) is 6.61 Å². The molecule has 0 aliphatic carbocycles. The van der Waals surface area contributed by atoms with E-state index in [0.717, 1.165) is 19.3 Å². The lowest BCUT2D eigenvalue weighted by Crippen LogP contribution is -2.52. The van der Waals surface area contributed by atoms with E-state index in [2.05, 4.69) is 13.2 Å². The zero-order valence-corrected chi connectivity index (χ0v) is 11.0. The van der Waals surface area contributed by atoms with Gasteiger partial charge in [-0.2, -0.15) is 0 Å². The number of nitrogens with zero attached hydrogens (tertiary/aromatic N) is 1. The van der Waals surface area contributed by atoms with E-state index in [4.69, 9.17) is 4.74 Å². The number of methoxy groups -OCH3 is 1. The van der Waals surface area contributed by atoms with E-state index in [-0.39, 0.29) is 24.5 Å². The van der Waals surface area contributed by atoms with Crippen molar-refractivity contribution in [3.05, 3.63) is 25.3 Å². The molecule has 1 fully saturated rings. The van der Waals surface area contributed by atoms with Crippen LogP contribution in [0.3, 0.4) is 0 Å². The van der Waals surface area contributed by atoms with Gasteiger partial charge in [0.05, 0.1) is 12.1 Å². The molecule has 2 atom stereocenters. The van der Waals surface area contributed by atoms with E-state index in [1.807, 2.05) is 0 Å². The number of carbonyl (C=O) groups is 1. The maximum atomic E-state index is 12.0. The SMILES string of the molecule is C=CC(C=C)[C@H](O)C1CCCCN1C(=O)COC. The van der Waals surface area contributed by atoms with E-state index in [1.54, 1.807) is 17.1 Å². The summed E-state index contributed by atoms with van der Waals surface area (Å²) in [6.45, 7) is 8.14. The van der Waals surface area contributed by atoms with Gasteiger partial charge < -0.3 is 14.7 Å². The molecule has 0 aromatic rings. The van der Waals surface area contributed by atoms with Crippen molar-refractivity contribution in [2.75, 3.05) is 20.3 Å². The summed E-state index contributed by atoms with van der Waals surface area (Å²) in [5.41, 5.74) is 0. The molecule has 1 heterocycles. The number of amides is 1. The molecule has 1 rings (SSSR count). The number of piperidine rings is 1. The maximum absolute atomic E-state index is 12.0. The minimum absolute atomic E-state index is 0.0619. The highest BCUT2D eigenvalue weighted by molar-refractivity contribution is 5.78. The minimum Gasteiger partial charge on any atom is -0.390 e. The molecule has 0 spiro atoms. The molecule has 18 heavy (non-hydrogen) atoms. The number of likely N-dealkylation sites (tertiary alicyclic amines) is 1. The van der Waals surface area contributed by atoms with Crippen molar-refractivity contribution in [2.45, 2.75) is 31.4 Å². The molecule has 102 valence electrons. The molecule has 0 saturated carbocycles. The monoisotopic (exact) mass is 253 g/mol. The van der Waals surface area contributed by atoms with Crippen molar-refractivity contribution < 1.29 is 14.6 Å². The third kappa shape index (κ3) is 3.43. The lowest BCUT2D eigenvalue weighted by molar-refractivity contribution is -0.142. The van der Waals surface area contributed by atoms with Crippen LogP contribution in [0.15, 0.2) is 25.3 Å². The van der Waals surface area contributed by atoms with Gasteiger partial charge in [-0.15, -0.1) is 13.2 Å². The topological polar surface area (TPSA) is 49.8 Å². The Balaban J connectivity index is 2.77. The minimum atomic E-state index is -0.638. The number of carbonyl (C=O) groups excluding carboxylic acids is 1. The van der Waals surface area contributed by atoms with Gasteiger partial charge in [-0.1, -0.05) is 12.2 Å². The first kappa shape index (κ1) is 14.9. The Bertz CT molecular complexity index is 295. The van der Waals surface area contributed by atoms with Gasteiger partial charge in [-0.25, -0.2) is 0 Å². The number of rotatable bonds is 6. The highest BCUT2D eigenvalue weighted by atomic mass is 16.5. The molecule has 1 N–H and O–H groups in total. The fourth-order valence-electron chi connectivity index (χ4n) is 2.46. The first-order valence-corrected chi connectivity index (χ1v) is 6.37. The molecular weight excluding hydrogens is 230 g/mol. The number of aliphatic hydroxyl groups is 1. The summed E-state index contributed by atoms with van der Waals surface area (Å²) in [5, 5.41) is 10.3. The molecule has 0 bridgehead atoms. The summed E-state index contributed by atoms with van der Waals surface area (Å²) >= 11 is 0. The molecular formula is C14H23NO3. The lowest BCUT2D eigenvalue weighted by Gasteiger charge is -2.39. The Labute approximate surface area is 109 Å². The van der Waals surface area contributed by atoms with Crippen LogP contribution in [0.25, 0.3) is 0 Å². The van der Waals surface area contributed by atoms with Gasteiger partial charge in [0, 0.05) is 19.6 Å². The van der Waals surface area contributed by atoms with Crippen LogP contribution < -0.4 is 0 Å². The Morgan fingerprint density at radius 2 is 2.17 bits per heavy atom. The van der Waals surface area contributed by atoms with E-state index < -0.39 is 6.10 Å². The standard InChI is InChI=1S/C14H23NO3/c1-4-11(5-2)14(17)12-8-6-7-9-15(12)13(16)10-18-3/h4-5,11-12,14,17H,1-2,6-10H2,3H3/t12?,14-/m0/s1. The second-order valence-corrected chi connectivity index (χ2v) is 4.62. The molecule has 1 amide bonds. The van der Waals surface area contributed by atoms with E-state index >= 15 is 0 Å². The van der Waals surface area contributed by atoms with E-state index in [9.17, 15) is 9.90 Å². The van der Waals surface area contributed by atoms with Crippen molar-refractivity contribution in [3.8, 4) is 0 Å². The van der Waals surface area contributed by atoms with Crippen molar-refractivity contribution in [1.82, 2.24) is 4.90 Å². The average Bonchev–Trinajstić information content (AvgIpc) is 2.40. The van der Waals surface area contributed by atoms with Crippen LogP contribution in [-0.2, 0) is 9.53 Å². The summed E-state index contributed by atoms with van der Waals surface area (Å²) in [6, 6.07) is -0.164. The molecule has 0 aromatic carbocycles. The summed E-state index contributed by atoms with van der Waals surface area (Å²) in [4.78, 5) is 13.7. The predicted octanol–water partition coefficient (Wildman–Crippen LogP) is 1.36. The predicted molar refractivity (Wildman–Crippen MR) is 71.1 cm³/mol. The average molecular weight is 253 g/mol. The van der Waals surface area contributed by atoms with Crippen LogP contribution in [0.1, 0.15) is 19.3 Å². The van der Waals surface area contributed by atoms with Crippen LogP contribution >= 0.6 is 0 Å². The van der Waals surface area contributed by atoms with Gasteiger partial charge >= 0.3 is 0 Å². The normalized spacial score (nSPS) is 21.7. The first-order chi connectivity index (χ1) is 8.65. The Morgan fingerprint density at radius 1 is 1.50 bits per heavy atom. The third-order valence-electron chi connectivity index (χ3n) is 3.47. The summed E-state index contributed by atoms with van der Waals surface area (Å²) in [6.07, 6.45) is 5.53. The van der Waals surface area contributed by atoms with Gasteiger partial charge in [0.25, 0.3) is 0 Å². The van der Waals surface area contributed by atoms with Crippen LogP contribution in [-0.4, -0.2) is 48.3 Å². The molecule has 1 aliphatic heterocycles. The van der Waals surface area contributed by atoms with Gasteiger partial charge in [0.2, 0.25) is 5.91 Å². The van der Waals surface area contributed by atoms with Crippen molar-refractivity contribution >= 4 is 5.91 Å². The summed E-state index contributed by atoms with van der Waals surface area (Å²) in [5.74, 6) is -0.251. The Kier molecular flexibility index (Phi) is 6.09. The van der Waals surface area contributed by atoms with Crippen LogP contribution in [0.5, 0.6) is 0 Å². The summed E-state index contributed by atoms with van der Waals surface area (Å²) < 4.78 is 4.88. The first-order valence-electron chi connectivity index (χ1n) is 6.37. The molecule has 4 nitrogen and oxygen atoms in total. The number of ether oxygens (including phenoxy) is 1. The van der Waals surface area contributed by atoms with Gasteiger partial charge in [-0.3, -0.25) is 4.79 Å². The molecule has 0 aromatic heterocycles. The van der Waals surface area contributed by atoms with Crippen molar-refractivity contribution in [3.63, 3.8) is 0 Å². The number of hydrogen-bond donors (Lipinski definition) is 1. The zero-order chi connectivity index (χ0) is 13.5. The van der Waals surface area contributed by atoms with Crippen LogP contribution in [0.4, 0.5) is 0 Å². The second kappa shape index (κ2) is 7.34. The van der Waals surface area contributed by atoms with Crippen molar-refractivity contribution in [1.29, 1.82) is 0 Å². The summed E-state index contributed by atoms with van der Waals surface area (Å²) in [7, 11) is 1.50. The van der Waals surface area contributed by atoms with E-state index in [1.165, 1.54) is 7.11 Å². The fourth-order valence-corrected chi connectivity index (χ4v) is 2.46. The smallest absolute Gasteiger partial charge is 0.248 e. The van der Waals surface area contributed by atoms with E-state index in [0.29, 0.717) is 6.54 Å². The number of aliphatic hydroxyl groups excluding tert-OH is 1. The van der Waals surface area contributed by atoms with Crippen molar-refractivity contribution in [2.24, 2.45) is 5.92 Å². The largest absolute Gasteiger partial charge is 0.390 e. The highest BCUT2D eigenvalue weighted by Gasteiger charge is 2.34. The molecule has 4 heteroatoms. The second-order valence-electron chi connectivity index (χ2n) is 4.62. The molecule has 1 saturated heterocycles. The highest BCUT2D eigenvalue weighted by Crippen LogP contribution is 2.24. The van der Waals surface area contributed by atoms with Crippen LogP contribution in [0, 0.1) is 5.92 Å². The van der Waals surface area contributed by atoms with Gasteiger partial charge in [-0.05, 0) is 19.3 Å². The fraction of sp³-hybridized carbons (Fsp3) is 0.643. The molecule has 1 aliphatic rings. The number of hydrogen-bond acceptors (Lipinski definition) is 3. The van der Waals surface area contributed by atoms with Crippen LogP contribution in [0.2, 0.25) is 0 Å².